The molecule has 1 aromatic carbocycles. The molecule has 2 heterocycles. The number of piperidine rings is 1. The standard InChI is InChI=1S/C23H33N3O5.C2H6/c1-23(2,3)31-22(29)25-11-9-19(10-12-25)20(27)24-13-15-26(16-14-24)21(28)30-17-18-7-5-4-6-8-18;1-2/h4-8,19H,9-17H2,1-3H3;1-2H3. The second kappa shape index (κ2) is 12.5. The van der Waals surface area contributed by atoms with Gasteiger partial charge in [0.2, 0.25) is 5.91 Å². The normalized spacial score (nSPS) is 17.1. The van der Waals surface area contributed by atoms with Crippen LogP contribution in [0.25, 0.3) is 0 Å². The van der Waals surface area contributed by atoms with Crippen LogP contribution in [0.5, 0.6) is 0 Å². The van der Waals surface area contributed by atoms with Gasteiger partial charge in [0.1, 0.15) is 12.2 Å². The third-order valence-corrected chi connectivity index (χ3v) is 5.55. The number of carbonyl (C=O) groups excluding carboxylic acids is 3. The van der Waals surface area contributed by atoms with Crippen LogP contribution in [0.15, 0.2) is 30.3 Å². The van der Waals surface area contributed by atoms with Crippen molar-refractivity contribution in [2.75, 3.05) is 39.3 Å². The fourth-order valence-electron chi connectivity index (χ4n) is 3.81. The number of piperazine rings is 1. The molecule has 8 nitrogen and oxygen atoms in total. The smallest absolute Gasteiger partial charge is 0.410 e. The van der Waals surface area contributed by atoms with Gasteiger partial charge in [0.15, 0.2) is 0 Å². The quantitative estimate of drug-likeness (QED) is 0.676. The molecule has 2 fully saturated rings. The molecule has 3 amide bonds. The van der Waals surface area contributed by atoms with Crippen molar-refractivity contribution in [2.45, 2.75) is 59.7 Å². The molecule has 33 heavy (non-hydrogen) atoms. The first-order chi connectivity index (χ1) is 15.7. The molecule has 1 aromatic rings. The average Bonchev–Trinajstić information content (AvgIpc) is 2.83. The van der Waals surface area contributed by atoms with Crippen LogP contribution in [0.4, 0.5) is 9.59 Å². The van der Waals surface area contributed by atoms with E-state index in [0.29, 0.717) is 52.1 Å². The Kier molecular flexibility index (Phi) is 10.0. The molecule has 0 bridgehead atoms. The summed E-state index contributed by atoms with van der Waals surface area (Å²) in [6, 6.07) is 9.57. The van der Waals surface area contributed by atoms with Crippen LogP contribution in [0.1, 0.15) is 53.0 Å². The van der Waals surface area contributed by atoms with E-state index in [4.69, 9.17) is 9.47 Å². The van der Waals surface area contributed by atoms with Crippen molar-refractivity contribution in [3.05, 3.63) is 35.9 Å². The molecule has 3 rings (SSSR count). The first-order valence-corrected chi connectivity index (χ1v) is 12.0. The van der Waals surface area contributed by atoms with Crippen molar-refractivity contribution in [2.24, 2.45) is 5.92 Å². The van der Waals surface area contributed by atoms with Crippen LogP contribution in [0.3, 0.4) is 0 Å². The van der Waals surface area contributed by atoms with E-state index < -0.39 is 5.60 Å². The average molecular weight is 462 g/mol. The van der Waals surface area contributed by atoms with Gasteiger partial charge >= 0.3 is 12.2 Å². The summed E-state index contributed by atoms with van der Waals surface area (Å²) in [4.78, 5) is 42.6. The number of hydrogen-bond donors (Lipinski definition) is 0. The van der Waals surface area contributed by atoms with Crippen molar-refractivity contribution in [3.8, 4) is 0 Å². The van der Waals surface area contributed by atoms with E-state index in [9.17, 15) is 14.4 Å². The fraction of sp³-hybridized carbons (Fsp3) is 0.640. The highest BCUT2D eigenvalue weighted by Crippen LogP contribution is 2.22. The van der Waals surface area contributed by atoms with Crippen LogP contribution in [0.2, 0.25) is 0 Å². The SMILES string of the molecule is CC.CC(C)(C)OC(=O)N1CCC(C(=O)N2CCN(C(=O)OCc3ccccc3)CC2)CC1. The summed E-state index contributed by atoms with van der Waals surface area (Å²) in [5, 5.41) is 0. The maximum Gasteiger partial charge on any atom is 0.410 e. The second-order valence-corrected chi connectivity index (χ2v) is 9.09. The first-order valence-electron chi connectivity index (χ1n) is 12.0. The monoisotopic (exact) mass is 461 g/mol. The molecule has 2 saturated heterocycles. The highest BCUT2D eigenvalue weighted by Gasteiger charge is 2.33. The topological polar surface area (TPSA) is 79.4 Å². The summed E-state index contributed by atoms with van der Waals surface area (Å²) in [6.07, 6.45) is 0.608. The van der Waals surface area contributed by atoms with Crippen LogP contribution in [0, 0.1) is 5.92 Å². The molecule has 0 atom stereocenters. The van der Waals surface area contributed by atoms with E-state index in [2.05, 4.69) is 0 Å². The Morgan fingerprint density at radius 2 is 1.33 bits per heavy atom. The van der Waals surface area contributed by atoms with E-state index in [0.717, 1.165) is 5.56 Å². The minimum Gasteiger partial charge on any atom is -0.445 e. The van der Waals surface area contributed by atoms with E-state index in [1.54, 1.807) is 9.80 Å². The molecule has 0 aliphatic carbocycles. The lowest BCUT2D eigenvalue weighted by Crippen LogP contribution is -2.53. The maximum absolute atomic E-state index is 12.9. The summed E-state index contributed by atoms with van der Waals surface area (Å²) < 4.78 is 10.8. The van der Waals surface area contributed by atoms with Crippen LogP contribution in [-0.4, -0.2) is 77.7 Å². The molecule has 0 saturated carbocycles. The Bertz CT molecular complexity index is 762. The van der Waals surface area contributed by atoms with E-state index in [1.165, 1.54) is 0 Å². The largest absolute Gasteiger partial charge is 0.445 e. The number of carbonyl (C=O) groups is 3. The summed E-state index contributed by atoms with van der Waals surface area (Å²) in [7, 11) is 0. The molecule has 0 aromatic heterocycles. The third-order valence-electron chi connectivity index (χ3n) is 5.55. The molecule has 8 heteroatoms. The van der Waals surface area contributed by atoms with Gasteiger partial charge in [-0.15, -0.1) is 0 Å². The second-order valence-electron chi connectivity index (χ2n) is 9.09. The summed E-state index contributed by atoms with van der Waals surface area (Å²) in [5.74, 6) is 0.0245. The molecule has 0 radical (unpaired) electrons. The van der Waals surface area contributed by atoms with Crippen molar-refractivity contribution in [3.63, 3.8) is 0 Å². The predicted molar refractivity (Wildman–Crippen MR) is 127 cm³/mol. The van der Waals surface area contributed by atoms with E-state index in [-0.39, 0.29) is 30.6 Å². The molecule has 0 unspecified atom stereocenters. The first kappa shape index (κ1) is 26.5. The van der Waals surface area contributed by atoms with Crippen LogP contribution in [-0.2, 0) is 20.9 Å². The van der Waals surface area contributed by atoms with Gasteiger partial charge in [0.05, 0.1) is 0 Å². The fourth-order valence-corrected chi connectivity index (χ4v) is 3.81. The number of nitrogens with zero attached hydrogens (tertiary/aromatic N) is 3. The molecule has 2 aliphatic heterocycles. The molecule has 0 spiro atoms. The minimum atomic E-state index is -0.522. The number of amides is 3. The lowest BCUT2D eigenvalue weighted by atomic mass is 9.95. The Morgan fingerprint density at radius 3 is 1.88 bits per heavy atom. The zero-order valence-electron chi connectivity index (χ0n) is 20.7. The zero-order valence-corrected chi connectivity index (χ0v) is 20.7. The minimum absolute atomic E-state index is 0.0877. The summed E-state index contributed by atoms with van der Waals surface area (Å²) in [6.45, 7) is 12.8. The maximum atomic E-state index is 12.9. The van der Waals surface area contributed by atoms with Gasteiger partial charge in [-0.05, 0) is 39.2 Å². The number of ether oxygens (including phenoxy) is 2. The van der Waals surface area contributed by atoms with Crippen LogP contribution < -0.4 is 0 Å². The van der Waals surface area contributed by atoms with E-state index >= 15 is 0 Å². The molecular formula is C25H39N3O5. The van der Waals surface area contributed by atoms with Gasteiger partial charge < -0.3 is 24.2 Å². The highest BCUT2D eigenvalue weighted by atomic mass is 16.6. The number of rotatable bonds is 3. The third kappa shape index (κ3) is 8.26. The number of likely N-dealkylation sites (tertiary alicyclic amines) is 1. The number of hydrogen-bond acceptors (Lipinski definition) is 5. The predicted octanol–water partition coefficient (Wildman–Crippen LogP) is 4.14. The van der Waals surface area contributed by atoms with Gasteiger partial charge in [-0.1, -0.05) is 44.2 Å². The molecular weight excluding hydrogens is 422 g/mol. The number of benzene rings is 1. The van der Waals surface area contributed by atoms with Crippen molar-refractivity contribution in [1.82, 2.24) is 14.7 Å². The summed E-state index contributed by atoms with van der Waals surface area (Å²) in [5.41, 5.74) is 0.425. The van der Waals surface area contributed by atoms with Gasteiger partial charge in [0.25, 0.3) is 0 Å². The Balaban J connectivity index is 0.00000187. The molecule has 184 valence electrons. The van der Waals surface area contributed by atoms with Crippen molar-refractivity contribution < 1.29 is 23.9 Å². The van der Waals surface area contributed by atoms with Gasteiger partial charge in [0, 0.05) is 45.2 Å². The lowest BCUT2D eigenvalue weighted by molar-refractivity contribution is -0.138. The van der Waals surface area contributed by atoms with E-state index in [1.807, 2.05) is 69.9 Å². The Labute approximate surface area is 197 Å². The van der Waals surface area contributed by atoms with Gasteiger partial charge in [-0.25, -0.2) is 9.59 Å². The molecule has 2 aliphatic rings. The van der Waals surface area contributed by atoms with Gasteiger partial charge in [-0.2, -0.15) is 0 Å². The van der Waals surface area contributed by atoms with Crippen molar-refractivity contribution >= 4 is 18.1 Å². The Morgan fingerprint density at radius 1 is 0.818 bits per heavy atom. The highest BCUT2D eigenvalue weighted by molar-refractivity contribution is 5.80. The zero-order chi connectivity index (χ0) is 24.4. The summed E-state index contributed by atoms with van der Waals surface area (Å²) >= 11 is 0. The lowest BCUT2D eigenvalue weighted by Gasteiger charge is -2.38. The van der Waals surface area contributed by atoms with Crippen LogP contribution >= 0.6 is 0 Å². The van der Waals surface area contributed by atoms with Gasteiger partial charge in [-0.3, -0.25) is 4.79 Å². The van der Waals surface area contributed by atoms with Crippen molar-refractivity contribution in [1.29, 1.82) is 0 Å². The Hall–Kier alpha value is -2.77. The molecule has 0 N–H and O–H groups in total.